The molecule has 0 aromatic carbocycles. The van der Waals surface area contributed by atoms with Crippen molar-refractivity contribution in [2.24, 2.45) is 39.4 Å². The number of hydrogen-bond acceptors (Lipinski definition) is 12. The third-order valence-electron chi connectivity index (χ3n) is 14.9. The Hall–Kier alpha value is -1.64. The van der Waals surface area contributed by atoms with Crippen LogP contribution in [0.5, 0.6) is 0 Å². The monoisotopic (exact) mass is 738 g/mol. The van der Waals surface area contributed by atoms with Gasteiger partial charge in [0.25, 0.3) is 0 Å². The van der Waals surface area contributed by atoms with Crippen molar-refractivity contribution in [2.45, 2.75) is 181 Å². The van der Waals surface area contributed by atoms with Crippen LogP contribution in [0.4, 0.5) is 0 Å². The molecule has 4 aliphatic carbocycles. The van der Waals surface area contributed by atoms with Gasteiger partial charge in [-0.3, -0.25) is 9.59 Å². The number of hydrogen-bond donors (Lipinski definition) is 6. The second-order valence-corrected chi connectivity index (χ2v) is 18.7. The number of rotatable bonds is 10. The van der Waals surface area contributed by atoms with Gasteiger partial charge in [-0.2, -0.15) is 0 Å². The molecule has 0 bridgehead atoms. The molecule has 5 aliphatic rings. The van der Waals surface area contributed by atoms with Gasteiger partial charge >= 0.3 is 11.9 Å². The van der Waals surface area contributed by atoms with Crippen LogP contribution >= 0.6 is 0 Å². The molecule has 52 heavy (non-hydrogen) atoms. The Morgan fingerprint density at radius 2 is 1.56 bits per heavy atom. The lowest BCUT2D eigenvalue weighted by atomic mass is 9.35. The average molecular weight is 739 g/mol. The molecule has 0 radical (unpaired) electrons. The summed E-state index contributed by atoms with van der Waals surface area (Å²) in [6.07, 6.45) is -4.42. The molecule has 15 unspecified atom stereocenters. The molecule has 0 spiro atoms. The summed E-state index contributed by atoms with van der Waals surface area (Å²) in [4.78, 5) is 23.9. The molecule has 15 atom stereocenters. The topological polar surface area (TPSA) is 192 Å². The van der Waals surface area contributed by atoms with E-state index in [9.17, 15) is 40.2 Å². The van der Waals surface area contributed by atoms with Gasteiger partial charge in [-0.15, -0.1) is 0 Å². The predicted molar refractivity (Wildman–Crippen MR) is 190 cm³/mol. The smallest absolute Gasteiger partial charge is 0.302 e. The maximum atomic E-state index is 12.3. The second kappa shape index (κ2) is 14.5. The van der Waals surface area contributed by atoms with Crippen LogP contribution in [0.1, 0.15) is 121 Å². The van der Waals surface area contributed by atoms with Gasteiger partial charge in [0.2, 0.25) is 0 Å². The fourth-order valence-corrected chi connectivity index (χ4v) is 11.9. The summed E-state index contributed by atoms with van der Waals surface area (Å²) < 4.78 is 24.2. The third kappa shape index (κ3) is 6.90. The molecular weight excluding hydrogens is 672 g/mol. The number of aliphatic hydroxyl groups is 6. The Bertz CT molecular complexity index is 1370. The molecule has 12 nitrogen and oxygen atoms in total. The van der Waals surface area contributed by atoms with Gasteiger partial charge in [0.1, 0.15) is 43.2 Å². The lowest BCUT2D eigenvalue weighted by molar-refractivity contribution is -0.344. The van der Waals surface area contributed by atoms with Crippen molar-refractivity contribution in [1.29, 1.82) is 0 Å². The Morgan fingerprint density at radius 1 is 0.904 bits per heavy atom. The van der Waals surface area contributed by atoms with Crippen LogP contribution in [0.25, 0.3) is 0 Å². The molecule has 1 aliphatic heterocycles. The average Bonchev–Trinajstić information content (AvgIpc) is 3.40. The molecule has 4 fully saturated rings. The first kappa shape index (κ1) is 41.5. The lowest BCUT2D eigenvalue weighted by Gasteiger charge is -2.71. The number of carbonyl (C=O) groups excluding carboxylic acids is 2. The molecule has 0 amide bonds. The standard InChI is InChI=1S/C40H66O12/c1-20(17-25(43)34(47)37(6,7)48)23-13-16-39(9)24(23)11-12-27-38(8)15-14-29(50-22(3)42)36(4,5)28(38)18-30(40(27,39)10)52-35-33(46)32(45)31(44)26(51-35)19-49-21(2)41/h20,25-35,43-48H,11-19H2,1-10H3. The summed E-state index contributed by atoms with van der Waals surface area (Å²) in [5.74, 6) is -0.717. The maximum absolute atomic E-state index is 12.3. The van der Waals surface area contributed by atoms with Crippen molar-refractivity contribution in [2.75, 3.05) is 6.61 Å². The highest BCUT2D eigenvalue weighted by Crippen LogP contribution is 2.75. The van der Waals surface area contributed by atoms with Gasteiger partial charge < -0.3 is 49.6 Å². The first-order chi connectivity index (χ1) is 23.9. The number of aliphatic hydroxyl groups excluding tert-OH is 5. The molecule has 1 heterocycles. The highest BCUT2D eigenvalue weighted by molar-refractivity contribution is 5.66. The minimum atomic E-state index is -1.60. The minimum absolute atomic E-state index is 0.0458. The molecule has 0 aromatic heterocycles. The molecular formula is C40H66O12. The van der Waals surface area contributed by atoms with Crippen molar-refractivity contribution in [3.05, 3.63) is 11.1 Å². The number of fused-ring (bicyclic) bond motifs is 5. The molecule has 3 saturated carbocycles. The van der Waals surface area contributed by atoms with Gasteiger partial charge in [0, 0.05) is 24.7 Å². The zero-order chi connectivity index (χ0) is 38.9. The van der Waals surface area contributed by atoms with Crippen LogP contribution in [0.15, 0.2) is 11.1 Å². The highest BCUT2D eigenvalue weighted by atomic mass is 16.7. The van der Waals surface area contributed by atoms with Crippen LogP contribution in [0.3, 0.4) is 0 Å². The summed E-state index contributed by atoms with van der Waals surface area (Å²) in [6.45, 7) is 18.8. The van der Waals surface area contributed by atoms with Crippen molar-refractivity contribution in [3.8, 4) is 0 Å². The van der Waals surface area contributed by atoms with Crippen LogP contribution in [-0.4, -0.2) is 110 Å². The predicted octanol–water partition coefficient (Wildman–Crippen LogP) is 3.55. The summed E-state index contributed by atoms with van der Waals surface area (Å²) in [6, 6.07) is 0. The summed E-state index contributed by atoms with van der Waals surface area (Å²) in [5.41, 5.74) is -0.263. The van der Waals surface area contributed by atoms with E-state index in [-0.39, 0.29) is 47.3 Å². The van der Waals surface area contributed by atoms with E-state index >= 15 is 0 Å². The van der Waals surface area contributed by atoms with E-state index in [1.54, 1.807) is 0 Å². The number of esters is 2. The fourth-order valence-electron chi connectivity index (χ4n) is 11.9. The van der Waals surface area contributed by atoms with E-state index in [4.69, 9.17) is 18.9 Å². The van der Waals surface area contributed by atoms with Gasteiger partial charge in [-0.05, 0) is 93.8 Å². The van der Waals surface area contributed by atoms with Crippen molar-refractivity contribution in [1.82, 2.24) is 0 Å². The normalized spacial score (nSPS) is 43.4. The van der Waals surface area contributed by atoms with Crippen molar-refractivity contribution >= 4 is 11.9 Å². The number of allylic oxidation sites excluding steroid dienone is 2. The van der Waals surface area contributed by atoms with E-state index in [2.05, 4.69) is 41.5 Å². The molecule has 1 saturated heterocycles. The van der Waals surface area contributed by atoms with Crippen LogP contribution in [-0.2, 0) is 28.5 Å². The van der Waals surface area contributed by atoms with Crippen molar-refractivity contribution < 1.29 is 59.2 Å². The van der Waals surface area contributed by atoms with E-state index in [0.717, 1.165) is 38.5 Å². The number of ether oxygens (including phenoxy) is 4. The Kier molecular flexibility index (Phi) is 11.5. The summed E-state index contributed by atoms with van der Waals surface area (Å²) in [7, 11) is 0. The number of carbonyl (C=O) groups is 2. The zero-order valence-corrected chi connectivity index (χ0v) is 32.9. The van der Waals surface area contributed by atoms with Gasteiger partial charge in [-0.25, -0.2) is 0 Å². The Balaban J connectivity index is 1.56. The van der Waals surface area contributed by atoms with E-state index in [0.29, 0.717) is 12.8 Å². The molecule has 12 heteroatoms. The quantitative estimate of drug-likeness (QED) is 0.109. The maximum Gasteiger partial charge on any atom is 0.302 e. The third-order valence-corrected chi connectivity index (χ3v) is 14.9. The first-order valence-electron chi connectivity index (χ1n) is 19.4. The molecule has 298 valence electrons. The van der Waals surface area contributed by atoms with Gasteiger partial charge in [-0.1, -0.05) is 52.7 Å². The van der Waals surface area contributed by atoms with Crippen molar-refractivity contribution in [3.63, 3.8) is 0 Å². The van der Waals surface area contributed by atoms with E-state index < -0.39 is 71.4 Å². The van der Waals surface area contributed by atoms with E-state index in [1.807, 2.05) is 0 Å². The van der Waals surface area contributed by atoms with Crippen LogP contribution in [0.2, 0.25) is 0 Å². The first-order valence-corrected chi connectivity index (χ1v) is 19.4. The largest absolute Gasteiger partial charge is 0.463 e. The fraction of sp³-hybridized carbons (Fsp3) is 0.900. The van der Waals surface area contributed by atoms with Crippen LogP contribution in [0, 0.1) is 39.4 Å². The van der Waals surface area contributed by atoms with Gasteiger partial charge in [0.05, 0.1) is 17.8 Å². The summed E-state index contributed by atoms with van der Waals surface area (Å²) in [5, 5.41) is 65.0. The molecule has 0 aromatic rings. The van der Waals surface area contributed by atoms with Crippen LogP contribution < -0.4 is 0 Å². The highest BCUT2D eigenvalue weighted by Gasteiger charge is 2.71. The second-order valence-electron chi connectivity index (χ2n) is 18.7. The lowest BCUT2D eigenvalue weighted by Crippen LogP contribution is -2.69. The van der Waals surface area contributed by atoms with E-state index in [1.165, 1.54) is 38.8 Å². The Labute approximate surface area is 309 Å². The SMILES string of the molecule is CC(=O)OCC1OC(OC2CC3C(C)(C)C(OC(C)=O)CCC3(C)C3CCC4=C(C(C)CC(O)C(O)C(C)(C)O)CCC4(C)C23C)C(O)C(O)C1O. The van der Waals surface area contributed by atoms with Gasteiger partial charge in [0.15, 0.2) is 6.29 Å². The molecule has 5 rings (SSSR count). The Morgan fingerprint density at radius 3 is 2.15 bits per heavy atom. The summed E-state index contributed by atoms with van der Waals surface area (Å²) >= 11 is 0. The minimum Gasteiger partial charge on any atom is -0.463 e. The molecule has 6 N–H and O–H groups in total. The zero-order valence-electron chi connectivity index (χ0n) is 32.9.